The smallest absolute Gasteiger partial charge is 0.248 e. The minimum Gasteiger partial charge on any atom is -0.340 e. The van der Waals surface area contributed by atoms with Crippen LogP contribution in [0.4, 0.5) is 0 Å². The zero-order valence-electron chi connectivity index (χ0n) is 12.1. The Morgan fingerprint density at radius 3 is 2.40 bits per heavy atom. The lowest BCUT2D eigenvalue weighted by atomic mass is 9.90. The summed E-state index contributed by atoms with van der Waals surface area (Å²) in [6.07, 6.45) is 1.50. The van der Waals surface area contributed by atoms with Crippen molar-refractivity contribution in [3.05, 3.63) is 11.5 Å². The zero-order chi connectivity index (χ0) is 15.3. The van der Waals surface area contributed by atoms with Crippen LogP contribution >= 0.6 is 0 Å². The molecular weight excluding hydrogens is 280 g/mol. The molecular formula is C13H20N2O4S. The van der Waals surface area contributed by atoms with Crippen molar-refractivity contribution in [3.63, 3.8) is 0 Å². The van der Waals surface area contributed by atoms with Gasteiger partial charge in [-0.2, -0.15) is 0 Å². The van der Waals surface area contributed by atoms with E-state index < -0.39 is 27.5 Å². The van der Waals surface area contributed by atoms with E-state index in [0.717, 1.165) is 5.41 Å². The zero-order valence-corrected chi connectivity index (χ0v) is 12.9. The van der Waals surface area contributed by atoms with Crippen LogP contribution in [0.3, 0.4) is 0 Å². The highest BCUT2D eigenvalue weighted by Crippen LogP contribution is 2.28. The molecule has 2 heterocycles. The van der Waals surface area contributed by atoms with Crippen LogP contribution < -0.4 is 5.32 Å². The molecule has 0 radical (unpaired) electrons. The average Bonchev–Trinajstić information content (AvgIpc) is 2.62. The largest absolute Gasteiger partial charge is 0.340 e. The van der Waals surface area contributed by atoms with E-state index >= 15 is 0 Å². The number of rotatable bonds is 2. The van der Waals surface area contributed by atoms with Gasteiger partial charge in [-0.15, -0.1) is 0 Å². The average molecular weight is 300 g/mol. The van der Waals surface area contributed by atoms with E-state index in [4.69, 9.17) is 0 Å². The van der Waals surface area contributed by atoms with E-state index in [2.05, 4.69) is 5.32 Å². The molecule has 1 saturated heterocycles. The number of piperazine rings is 1. The second-order valence-corrected chi connectivity index (χ2v) is 8.17. The Morgan fingerprint density at radius 1 is 1.35 bits per heavy atom. The number of hydrogen-bond donors (Lipinski definition) is 1. The van der Waals surface area contributed by atoms with Crippen molar-refractivity contribution in [1.29, 1.82) is 0 Å². The van der Waals surface area contributed by atoms with Crippen LogP contribution in [-0.2, 0) is 19.4 Å². The second kappa shape index (κ2) is 4.58. The SMILES string of the molecule is CC(C)C1C(=O)NC(C)(C)C(=O)N1C1C=CS(=O)(=O)C1. The molecule has 1 N–H and O–H groups in total. The first-order valence-electron chi connectivity index (χ1n) is 6.61. The van der Waals surface area contributed by atoms with Gasteiger partial charge in [-0.05, 0) is 25.8 Å². The molecule has 2 atom stereocenters. The number of amides is 2. The third-order valence-corrected chi connectivity index (χ3v) is 5.05. The molecule has 2 rings (SSSR count). The first-order valence-corrected chi connectivity index (χ1v) is 8.32. The molecule has 0 aromatic heterocycles. The summed E-state index contributed by atoms with van der Waals surface area (Å²) in [6, 6.07) is -1.20. The molecule has 2 amide bonds. The van der Waals surface area contributed by atoms with Gasteiger partial charge in [0.25, 0.3) is 0 Å². The van der Waals surface area contributed by atoms with Crippen molar-refractivity contribution in [3.8, 4) is 0 Å². The summed E-state index contributed by atoms with van der Waals surface area (Å²) in [5.74, 6) is -0.720. The summed E-state index contributed by atoms with van der Waals surface area (Å²) in [4.78, 5) is 26.3. The number of nitrogens with zero attached hydrogens (tertiary/aromatic N) is 1. The summed E-state index contributed by atoms with van der Waals surface area (Å²) in [5, 5.41) is 3.83. The fourth-order valence-electron chi connectivity index (χ4n) is 2.72. The number of hydrogen-bond acceptors (Lipinski definition) is 4. The van der Waals surface area contributed by atoms with Crippen LogP contribution in [0, 0.1) is 5.92 Å². The Bertz CT molecular complexity index is 577. The number of carbonyl (C=O) groups is 2. The fourth-order valence-corrected chi connectivity index (χ4v) is 4.00. The Hall–Kier alpha value is -1.37. The van der Waals surface area contributed by atoms with E-state index in [1.54, 1.807) is 13.8 Å². The molecule has 112 valence electrons. The Morgan fingerprint density at radius 2 is 1.95 bits per heavy atom. The van der Waals surface area contributed by atoms with Gasteiger partial charge in [0.2, 0.25) is 11.8 Å². The fraction of sp³-hybridized carbons (Fsp3) is 0.692. The van der Waals surface area contributed by atoms with Crippen molar-refractivity contribution < 1.29 is 18.0 Å². The maximum absolute atomic E-state index is 12.6. The van der Waals surface area contributed by atoms with E-state index in [0.29, 0.717) is 0 Å². The molecule has 0 aliphatic carbocycles. The standard InChI is InChI=1S/C13H20N2O4S/c1-8(2)10-11(16)14-13(3,4)12(17)15(10)9-5-6-20(18,19)7-9/h5-6,8-10H,7H2,1-4H3,(H,14,16). The first kappa shape index (κ1) is 15.0. The predicted molar refractivity (Wildman–Crippen MR) is 74.4 cm³/mol. The minimum absolute atomic E-state index is 0.0910. The third-order valence-electron chi connectivity index (χ3n) is 3.67. The normalized spacial score (nSPS) is 31.8. The van der Waals surface area contributed by atoms with Crippen molar-refractivity contribution in [2.75, 3.05) is 5.75 Å². The lowest BCUT2D eigenvalue weighted by Crippen LogP contribution is -2.71. The number of nitrogens with one attached hydrogen (secondary N) is 1. The monoisotopic (exact) mass is 300 g/mol. The minimum atomic E-state index is -3.28. The predicted octanol–water partition coefficient (Wildman–Crippen LogP) is 0.0587. The maximum Gasteiger partial charge on any atom is 0.248 e. The van der Waals surface area contributed by atoms with Crippen molar-refractivity contribution >= 4 is 21.7 Å². The van der Waals surface area contributed by atoms with Gasteiger partial charge in [0.05, 0.1) is 11.8 Å². The second-order valence-electron chi connectivity index (χ2n) is 6.24. The molecule has 2 unspecified atom stereocenters. The number of carbonyl (C=O) groups excluding carboxylic acids is 2. The molecule has 0 saturated carbocycles. The van der Waals surface area contributed by atoms with Crippen molar-refractivity contribution in [1.82, 2.24) is 10.2 Å². The van der Waals surface area contributed by atoms with Gasteiger partial charge in [-0.3, -0.25) is 9.59 Å². The van der Waals surface area contributed by atoms with Gasteiger partial charge in [0, 0.05) is 5.41 Å². The molecule has 0 spiro atoms. The maximum atomic E-state index is 12.6. The van der Waals surface area contributed by atoms with Crippen LogP contribution in [-0.4, -0.2) is 48.5 Å². The van der Waals surface area contributed by atoms with Gasteiger partial charge < -0.3 is 10.2 Å². The third kappa shape index (κ3) is 2.46. The van der Waals surface area contributed by atoms with E-state index in [9.17, 15) is 18.0 Å². The summed E-state index contributed by atoms with van der Waals surface area (Å²) < 4.78 is 23.2. The molecule has 0 bridgehead atoms. The quantitative estimate of drug-likeness (QED) is 0.781. The van der Waals surface area contributed by atoms with Crippen LogP contribution in [0.25, 0.3) is 0 Å². The van der Waals surface area contributed by atoms with Gasteiger partial charge in [-0.25, -0.2) is 8.42 Å². The van der Waals surface area contributed by atoms with Gasteiger partial charge in [-0.1, -0.05) is 13.8 Å². The molecule has 20 heavy (non-hydrogen) atoms. The van der Waals surface area contributed by atoms with Gasteiger partial charge >= 0.3 is 0 Å². The van der Waals surface area contributed by atoms with Gasteiger partial charge in [0.1, 0.15) is 11.6 Å². The van der Waals surface area contributed by atoms with Gasteiger partial charge in [0.15, 0.2) is 9.84 Å². The molecule has 2 aliphatic heterocycles. The van der Waals surface area contributed by atoms with Crippen molar-refractivity contribution in [2.45, 2.75) is 45.3 Å². The van der Waals surface area contributed by atoms with E-state index in [1.807, 2.05) is 13.8 Å². The summed E-state index contributed by atoms with van der Waals surface area (Å²) in [6.45, 7) is 6.94. The Balaban J connectivity index is 2.41. The Kier molecular flexibility index (Phi) is 3.44. The lowest BCUT2D eigenvalue weighted by molar-refractivity contribution is -0.156. The highest BCUT2D eigenvalue weighted by molar-refractivity contribution is 7.94. The molecule has 0 aromatic rings. The molecule has 1 fully saturated rings. The van der Waals surface area contributed by atoms with Crippen LogP contribution in [0.5, 0.6) is 0 Å². The summed E-state index contributed by atoms with van der Waals surface area (Å²) >= 11 is 0. The highest BCUT2D eigenvalue weighted by atomic mass is 32.2. The van der Waals surface area contributed by atoms with Crippen LogP contribution in [0.2, 0.25) is 0 Å². The van der Waals surface area contributed by atoms with Crippen LogP contribution in [0.1, 0.15) is 27.7 Å². The molecule has 2 aliphatic rings. The highest BCUT2D eigenvalue weighted by Gasteiger charge is 2.49. The van der Waals surface area contributed by atoms with Crippen LogP contribution in [0.15, 0.2) is 11.5 Å². The number of sulfone groups is 1. The van der Waals surface area contributed by atoms with E-state index in [1.165, 1.54) is 11.0 Å². The molecule has 6 nitrogen and oxygen atoms in total. The topological polar surface area (TPSA) is 83.6 Å². The summed E-state index contributed by atoms with van der Waals surface area (Å²) in [5.41, 5.74) is -1.01. The molecule has 7 heteroatoms. The Labute approximate surface area is 119 Å². The van der Waals surface area contributed by atoms with Crippen molar-refractivity contribution in [2.24, 2.45) is 5.92 Å². The summed E-state index contributed by atoms with van der Waals surface area (Å²) in [7, 11) is -3.28. The first-order chi connectivity index (χ1) is 9.05. The molecule has 0 aromatic carbocycles. The lowest BCUT2D eigenvalue weighted by Gasteiger charge is -2.46. The van der Waals surface area contributed by atoms with E-state index in [-0.39, 0.29) is 23.5 Å².